The molecule has 20 heavy (non-hydrogen) atoms. The highest BCUT2D eigenvalue weighted by Gasteiger charge is 2.05. The lowest BCUT2D eigenvalue weighted by atomic mass is 10.1. The second kappa shape index (κ2) is 6.56. The molecule has 0 fully saturated rings. The zero-order chi connectivity index (χ0) is 14.4. The van der Waals surface area contributed by atoms with E-state index in [4.69, 9.17) is 9.84 Å². The molecule has 2 rings (SSSR count). The van der Waals surface area contributed by atoms with Crippen molar-refractivity contribution in [3.8, 4) is 5.75 Å². The summed E-state index contributed by atoms with van der Waals surface area (Å²) in [5.41, 5.74) is 2.07. The number of hydrogen-bond acceptors (Lipinski definition) is 4. The number of carboxylic acids is 1. The average molecular weight is 272 g/mol. The number of hydrogen-bond donors (Lipinski definition) is 2. The number of ether oxygens (including phenoxy) is 1. The number of benzene rings is 1. The molecule has 0 amide bonds. The predicted molar refractivity (Wildman–Crippen MR) is 76.4 cm³/mol. The van der Waals surface area contributed by atoms with Crippen molar-refractivity contribution in [1.82, 2.24) is 4.98 Å². The lowest BCUT2D eigenvalue weighted by molar-refractivity contribution is 0.0696. The van der Waals surface area contributed by atoms with Crippen LogP contribution < -0.4 is 10.1 Å². The number of nitrogens with zero attached hydrogens (tertiary/aromatic N) is 1. The zero-order valence-electron chi connectivity index (χ0n) is 11.2. The van der Waals surface area contributed by atoms with E-state index in [0.29, 0.717) is 18.9 Å². The van der Waals surface area contributed by atoms with Crippen LogP contribution in [0.3, 0.4) is 0 Å². The Morgan fingerprint density at radius 3 is 2.75 bits per heavy atom. The van der Waals surface area contributed by atoms with Crippen LogP contribution >= 0.6 is 0 Å². The van der Waals surface area contributed by atoms with Crippen LogP contribution in [0.5, 0.6) is 5.75 Å². The molecule has 0 saturated carbocycles. The molecule has 2 aromatic rings. The maximum absolute atomic E-state index is 10.9. The van der Waals surface area contributed by atoms with Crippen molar-refractivity contribution >= 4 is 11.7 Å². The van der Waals surface area contributed by atoms with Crippen LogP contribution in [0, 0.1) is 6.92 Å². The summed E-state index contributed by atoms with van der Waals surface area (Å²) in [5.74, 6) is -0.382. The Labute approximate surface area is 117 Å². The number of anilines is 1. The molecule has 2 N–H and O–H groups in total. The second-order valence-corrected chi connectivity index (χ2v) is 4.35. The lowest BCUT2D eigenvalue weighted by Crippen LogP contribution is -2.11. The van der Waals surface area contributed by atoms with Gasteiger partial charge in [0.1, 0.15) is 12.4 Å². The van der Waals surface area contributed by atoms with Gasteiger partial charge in [-0.05, 0) is 42.8 Å². The number of carbonyl (C=O) groups is 1. The van der Waals surface area contributed by atoms with E-state index in [0.717, 1.165) is 11.3 Å². The molecule has 5 nitrogen and oxygen atoms in total. The summed E-state index contributed by atoms with van der Waals surface area (Å²) in [6.07, 6.45) is 3.42. The van der Waals surface area contributed by atoms with Gasteiger partial charge in [-0.25, -0.2) is 4.79 Å². The van der Waals surface area contributed by atoms with Gasteiger partial charge in [0, 0.05) is 24.6 Å². The van der Waals surface area contributed by atoms with Gasteiger partial charge in [-0.1, -0.05) is 0 Å². The van der Waals surface area contributed by atoms with Gasteiger partial charge in [0.25, 0.3) is 0 Å². The molecule has 0 bridgehead atoms. The van der Waals surface area contributed by atoms with E-state index in [1.807, 2.05) is 25.1 Å². The van der Waals surface area contributed by atoms with Crippen molar-refractivity contribution in [2.75, 3.05) is 18.5 Å². The van der Waals surface area contributed by atoms with Crippen LogP contribution in [0.1, 0.15) is 15.9 Å². The first-order chi connectivity index (χ1) is 9.65. The minimum Gasteiger partial charge on any atom is -0.492 e. The van der Waals surface area contributed by atoms with Crippen LogP contribution in [0.25, 0.3) is 0 Å². The van der Waals surface area contributed by atoms with E-state index < -0.39 is 5.97 Å². The van der Waals surface area contributed by atoms with Crippen molar-refractivity contribution in [3.05, 3.63) is 53.9 Å². The maximum atomic E-state index is 10.9. The highest BCUT2D eigenvalue weighted by Crippen LogP contribution is 2.17. The van der Waals surface area contributed by atoms with Gasteiger partial charge >= 0.3 is 5.97 Å². The fourth-order valence-corrected chi connectivity index (χ4v) is 1.79. The molecule has 0 unspecified atom stereocenters. The highest BCUT2D eigenvalue weighted by atomic mass is 16.5. The molecule has 104 valence electrons. The zero-order valence-corrected chi connectivity index (χ0v) is 11.2. The minimum absolute atomic E-state index is 0.238. The van der Waals surface area contributed by atoms with Crippen molar-refractivity contribution in [3.63, 3.8) is 0 Å². The second-order valence-electron chi connectivity index (χ2n) is 4.35. The fourth-order valence-electron chi connectivity index (χ4n) is 1.79. The summed E-state index contributed by atoms with van der Waals surface area (Å²) >= 11 is 0. The van der Waals surface area contributed by atoms with E-state index in [1.165, 1.54) is 6.07 Å². The van der Waals surface area contributed by atoms with Gasteiger partial charge in [-0.3, -0.25) is 4.98 Å². The van der Waals surface area contributed by atoms with Crippen molar-refractivity contribution in [2.24, 2.45) is 0 Å². The molecule has 0 aliphatic carbocycles. The smallest absolute Gasteiger partial charge is 0.335 e. The van der Waals surface area contributed by atoms with Gasteiger partial charge in [0.05, 0.1) is 5.56 Å². The predicted octanol–water partition coefficient (Wildman–Crippen LogP) is 2.58. The third-order valence-electron chi connectivity index (χ3n) is 2.68. The maximum Gasteiger partial charge on any atom is 0.335 e. The SMILES string of the molecule is Cc1cc(OCCNc2ccncc2)cc(C(=O)O)c1. The Kier molecular flexibility index (Phi) is 4.55. The number of aromatic nitrogens is 1. The molecule has 0 aliphatic rings. The molecule has 1 heterocycles. The standard InChI is InChI=1S/C15H16N2O3/c1-11-8-12(15(18)19)10-14(9-11)20-7-6-17-13-2-4-16-5-3-13/h2-5,8-10H,6-7H2,1H3,(H,16,17)(H,18,19). The van der Waals surface area contributed by atoms with Gasteiger partial charge in [0.15, 0.2) is 0 Å². The van der Waals surface area contributed by atoms with Crippen molar-refractivity contribution in [2.45, 2.75) is 6.92 Å². The monoisotopic (exact) mass is 272 g/mol. The van der Waals surface area contributed by atoms with E-state index >= 15 is 0 Å². The van der Waals surface area contributed by atoms with Gasteiger partial charge < -0.3 is 15.2 Å². The van der Waals surface area contributed by atoms with Crippen LogP contribution in [-0.4, -0.2) is 29.2 Å². The van der Waals surface area contributed by atoms with E-state index in [-0.39, 0.29) is 5.56 Å². The number of nitrogens with one attached hydrogen (secondary N) is 1. The molecule has 0 aliphatic heterocycles. The summed E-state index contributed by atoms with van der Waals surface area (Å²) in [6.45, 7) is 2.92. The van der Waals surface area contributed by atoms with Gasteiger partial charge in [-0.15, -0.1) is 0 Å². The van der Waals surface area contributed by atoms with Crippen LogP contribution in [0.15, 0.2) is 42.7 Å². The highest BCUT2D eigenvalue weighted by molar-refractivity contribution is 5.88. The molecule has 0 radical (unpaired) electrons. The number of aromatic carboxylic acids is 1. The van der Waals surface area contributed by atoms with Crippen LogP contribution in [-0.2, 0) is 0 Å². The topological polar surface area (TPSA) is 71.5 Å². The summed E-state index contributed by atoms with van der Waals surface area (Å²) in [5, 5.41) is 12.2. The van der Waals surface area contributed by atoms with E-state index in [2.05, 4.69) is 10.3 Å². The van der Waals surface area contributed by atoms with Crippen molar-refractivity contribution < 1.29 is 14.6 Å². The molecule has 0 saturated heterocycles. The molecule has 0 atom stereocenters. The van der Waals surface area contributed by atoms with E-state index in [9.17, 15) is 4.79 Å². The number of pyridine rings is 1. The Morgan fingerprint density at radius 2 is 2.05 bits per heavy atom. The molecular formula is C15H16N2O3. The fraction of sp³-hybridized carbons (Fsp3) is 0.200. The number of aryl methyl sites for hydroxylation is 1. The number of carboxylic acid groups (broad SMARTS) is 1. The Balaban J connectivity index is 1.86. The molecule has 0 spiro atoms. The molecule has 1 aromatic heterocycles. The van der Waals surface area contributed by atoms with Crippen molar-refractivity contribution in [1.29, 1.82) is 0 Å². The molecular weight excluding hydrogens is 256 g/mol. The average Bonchev–Trinajstić information content (AvgIpc) is 2.44. The quantitative estimate of drug-likeness (QED) is 0.791. The Bertz CT molecular complexity index is 585. The van der Waals surface area contributed by atoms with Crippen LogP contribution in [0.2, 0.25) is 0 Å². The first kappa shape index (κ1) is 13.9. The first-order valence-electron chi connectivity index (χ1n) is 6.27. The first-order valence-corrected chi connectivity index (χ1v) is 6.27. The summed E-state index contributed by atoms with van der Waals surface area (Å²) < 4.78 is 5.56. The Morgan fingerprint density at radius 1 is 1.30 bits per heavy atom. The van der Waals surface area contributed by atoms with Gasteiger partial charge in [0.2, 0.25) is 0 Å². The third-order valence-corrected chi connectivity index (χ3v) is 2.68. The normalized spacial score (nSPS) is 10.1. The van der Waals surface area contributed by atoms with Crippen LogP contribution in [0.4, 0.5) is 5.69 Å². The summed E-state index contributed by atoms with van der Waals surface area (Å²) in [6, 6.07) is 8.70. The largest absolute Gasteiger partial charge is 0.492 e. The molecule has 5 heteroatoms. The third kappa shape index (κ3) is 3.98. The molecule has 1 aromatic carbocycles. The summed E-state index contributed by atoms with van der Waals surface area (Å²) in [4.78, 5) is 14.9. The van der Waals surface area contributed by atoms with E-state index in [1.54, 1.807) is 18.5 Å². The summed E-state index contributed by atoms with van der Waals surface area (Å²) in [7, 11) is 0. The number of rotatable bonds is 6. The lowest BCUT2D eigenvalue weighted by Gasteiger charge is -2.09. The van der Waals surface area contributed by atoms with Gasteiger partial charge in [-0.2, -0.15) is 0 Å². The minimum atomic E-state index is -0.950. The Hall–Kier alpha value is -2.56.